The van der Waals surface area contributed by atoms with Gasteiger partial charge in [0.05, 0.1) is 6.42 Å². The average Bonchev–Trinajstić information content (AvgIpc) is 2.43. The standard InChI is InChI=1S/C14H15N3O3S/c1-8-11(13(19)17-14(20)15-8)7-12(18)16-9-4-3-5-10(6-9)21-2/h3-6H,7H2,1-2H3,(H,16,18)(H2,15,17,19,20). The summed E-state index contributed by atoms with van der Waals surface area (Å²) in [5, 5.41) is 2.74. The summed E-state index contributed by atoms with van der Waals surface area (Å²) in [6, 6.07) is 7.42. The topological polar surface area (TPSA) is 94.8 Å². The van der Waals surface area contributed by atoms with Gasteiger partial charge in [0.15, 0.2) is 0 Å². The zero-order chi connectivity index (χ0) is 15.4. The Labute approximate surface area is 125 Å². The number of H-pyrrole nitrogens is 2. The maximum absolute atomic E-state index is 12.0. The van der Waals surface area contributed by atoms with Crippen LogP contribution in [0.4, 0.5) is 5.69 Å². The van der Waals surface area contributed by atoms with Gasteiger partial charge in [0.2, 0.25) is 5.91 Å². The molecule has 21 heavy (non-hydrogen) atoms. The van der Waals surface area contributed by atoms with E-state index in [0.717, 1.165) is 4.90 Å². The molecule has 7 heteroatoms. The number of benzene rings is 1. The molecule has 0 aliphatic carbocycles. The van der Waals surface area contributed by atoms with Crippen molar-refractivity contribution in [1.82, 2.24) is 9.97 Å². The van der Waals surface area contributed by atoms with E-state index in [0.29, 0.717) is 11.4 Å². The number of carbonyl (C=O) groups is 1. The minimum Gasteiger partial charge on any atom is -0.326 e. The molecule has 0 atom stereocenters. The number of aromatic nitrogens is 2. The molecule has 0 saturated heterocycles. The highest BCUT2D eigenvalue weighted by atomic mass is 32.2. The van der Waals surface area contributed by atoms with Gasteiger partial charge in [-0.3, -0.25) is 14.6 Å². The van der Waals surface area contributed by atoms with Crippen molar-refractivity contribution in [3.63, 3.8) is 0 Å². The van der Waals surface area contributed by atoms with Crippen molar-refractivity contribution >= 4 is 23.4 Å². The molecule has 0 aliphatic heterocycles. The zero-order valence-corrected chi connectivity index (χ0v) is 12.5. The van der Waals surface area contributed by atoms with Gasteiger partial charge >= 0.3 is 5.69 Å². The van der Waals surface area contributed by atoms with Crippen molar-refractivity contribution in [2.45, 2.75) is 18.2 Å². The maximum atomic E-state index is 12.0. The molecule has 0 spiro atoms. The number of hydrogen-bond acceptors (Lipinski definition) is 4. The molecular weight excluding hydrogens is 290 g/mol. The summed E-state index contributed by atoms with van der Waals surface area (Å²) in [6.45, 7) is 1.59. The highest BCUT2D eigenvalue weighted by Crippen LogP contribution is 2.19. The molecule has 2 rings (SSSR count). The van der Waals surface area contributed by atoms with E-state index in [-0.39, 0.29) is 17.9 Å². The van der Waals surface area contributed by atoms with Crippen molar-refractivity contribution in [2.24, 2.45) is 0 Å². The Bertz CT molecular complexity index is 780. The molecule has 6 nitrogen and oxygen atoms in total. The van der Waals surface area contributed by atoms with E-state index in [1.807, 2.05) is 24.5 Å². The van der Waals surface area contributed by atoms with Gasteiger partial charge in [-0.05, 0) is 31.4 Å². The normalized spacial score (nSPS) is 10.4. The van der Waals surface area contributed by atoms with Crippen LogP contribution in [0.3, 0.4) is 0 Å². The predicted octanol–water partition coefficient (Wildman–Crippen LogP) is 1.27. The summed E-state index contributed by atoms with van der Waals surface area (Å²) in [4.78, 5) is 40.4. The van der Waals surface area contributed by atoms with E-state index < -0.39 is 11.2 Å². The summed E-state index contributed by atoms with van der Waals surface area (Å²) in [5.41, 5.74) is 0.217. The van der Waals surface area contributed by atoms with Crippen molar-refractivity contribution < 1.29 is 4.79 Å². The van der Waals surface area contributed by atoms with Gasteiger partial charge in [0.25, 0.3) is 5.56 Å². The van der Waals surface area contributed by atoms with Crippen LogP contribution < -0.4 is 16.6 Å². The number of amides is 1. The first kappa shape index (κ1) is 15.1. The van der Waals surface area contributed by atoms with Gasteiger partial charge in [0.1, 0.15) is 0 Å². The molecule has 3 N–H and O–H groups in total. The van der Waals surface area contributed by atoms with Crippen LogP contribution >= 0.6 is 11.8 Å². The fraction of sp³-hybridized carbons (Fsp3) is 0.214. The Morgan fingerprint density at radius 3 is 2.71 bits per heavy atom. The molecule has 0 fully saturated rings. The first-order chi connectivity index (χ1) is 9.99. The Balaban J connectivity index is 2.15. The van der Waals surface area contributed by atoms with Crippen LogP contribution in [-0.4, -0.2) is 22.1 Å². The molecular formula is C14H15N3O3S. The van der Waals surface area contributed by atoms with E-state index in [1.165, 1.54) is 0 Å². The molecule has 1 aromatic heterocycles. The lowest BCUT2D eigenvalue weighted by Gasteiger charge is -2.07. The number of carbonyl (C=O) groups excluding carboxylic acids is 1. The van der Waals surface area contributed by atoms with Crippen LogP contribution in [0.15, 0.2) is 38.8 Å². The predicted molar refractivity (Wildman–Crippen MR) is 83.0 cm³/mol. The van der Waals surface area contributed by atoms with Gasteiger partial charge in [-0.15, -0.1) is 11.8 Å². The summed E-state index contributed by atoms with van der Waals surface area (Å²) < 4.78 is 0. The molecule has 0 saturated carbocycles. The first-order valence-electron chi connectivity index (χ1n) is 6.25. The van der Waals surface area contributed by atoms with Crippen LogP contribution in [0.25, 0.3) is 0 Å². The van der Waals surface area contributed by atoms with Crippen LogP contribution in [-0.2, 0) is 11.2 Å². The fourth-order valence-electron chi connectivity index (χ4n) is 1.91. The van der Waals surface area contributed by atoms with Crippen molar-refractivity contribution in [2.75, 3.05) is 11.6 Å². The Morgan fingerprint density at radius 1 is 1.29 bits per heavy atom. The molecule has 1 aromatic carbocycles. The number of nitrogens with one attached hydrogen (secondary N) is 3. The smallest absolute Gasteiger partial charge is 0.325 e. The van der Waals surface area contributed by atoms with E-state index in [2.05, 4.69) is 15.3 Å². The third-order valence-corrected chi connectivity index (χ3v) is 3.67. The number of anilines is 1. The van der Waals surface area contributed by atoms with Gasteiger partial charge < -0.3 is 10.3 Å². The Kier molecular flexibility index (Phi) is 4.64. The lowest BCUT2D eigenvalue weighted by molar-refractivity contribution is -0.115. The second-order valence-electron chi connectivity index (χ2n) is 4.47. The lowest BCUT2D eigenvalue weighted by atomic mass is 10.1. The van der Waals surface area contributed by atoms with Gasteiger partial charge in [-0.2, -0.15) is 0 Å². The number of hydrogen-bond donors (Lipinski definition) is 3. The molecule has 1 amide bonds. The largest absolute Gasteiger partial charge is 0.326 e. The van der Waals surface area contributed by atoms with Gasteiger partial charge in [-0.25, -0.2) is 4.79 Å². The van der Waals surface area contributed by atoms with Crippen LogP contribution in [0.2, 0.25) is 0 Å². The summed E-state index contributed by atoms with van der Waals surface area (Å²) in [6.07, 6.45) is 1.85. The lowest BCUT2D eigenvalue weighted by Crippen LogP contribution is -2.29. The van der Waals surface area contributed by atoms with Crippen molar-refractivity contribution in [3.8, 4) is 0 Å². The minimum absolute atomic E-state index is 0.0958. The van der Waals surface area contributed by atoms with E-state index >= 15 is 0 Å². The van der Waals surface area contributed by atoms with Gasteiger partial charge in [0, 0.05) is 21.8 Å². The number of aromatic amines is 2. The summed E-state index contributed by atoms with van der Waals surface area (Å²) in [5.74, 6) is -0.311. The summed E-state index contributed by atoms with van der Waals surface area (Å²) >= 11 is 1.57. The number of aryl methyl sites for hydroxylation is 1. The van der Waals surface area contributed by atoms with Crippen molar-refractivity contribution in [3.05, 3.63) is 56.4 Å². The van der Waals surface area contributed by atoms with E-state index in [4.69, 9.17) is 0 Å². The first-order valence-corrected chi connectivity index (χ1v) is 7.48. The van der Waals surface area contributed by atoms with Crippen molar-refractivity contribution in [1.29, 1.82) is 0 Å². The molecule has 0 unspecified atom stereocenters. The highest BCUT2D eigenvalue weighted by Gasteiger charge is 2.11. The second kappa shape index (κ2) is 6.45. The van der Waals surface area contributed by atoms with Crippen LogP contribution in [0, 0.1) is 6.92 Å². The minimum atomic E-state index is -0.575. The summed E-state index contributed by atoms with van der Waals surface area (Å²) in [7, 11) is 0. The SMILES string of the molecule is CSc1cccc(NC(=O)Cc2c(C)[nH]c(=O)[nH]c2=O)c1. The third-order valence-electron chi connectivity index (χ3n) is 2.95. The Hall–Kier alpha value is -2.28. The molecule has 0 radical (unpaired) electrons. The average molecular weight is 305 g/mol. The number of rotatable bonds is 4. The monoisotopic (exact) mass is 305 g/mol. The Morgan fingerprint density at radius 2 is 2.05 bits per heavy atom. The highest BCUT2D eigenvalue weighted by molar-refractivity contribution is 7.98. The molecule has 2 aromatic rings. The van der Waals surface area contributed by atoms with E-state index in [1.54, 1.807) is 24.8 Å². The molecule has 0 bridgehead atoms. The zero-order valence-electron chi connectivity index (χ0n) is 11.6. The molecule has 0 aliphatic rings. The molecule has 1 heterocycles. The van der Waals surface area contributed by atoms with Crippen LogP contribution in [0.5, 0.6) is 0 Å². The number of thioether (sulfide) groups is 1. The second-order valence-corrected chi connectivity index (χ2v) is 5.35. The maximum Gasteiger partial charge on any atom is 0.325 e. The van der Waals surface area contributed by atoms with Crippen LogP contribution in [0.1, 0.15) is 11.3 Å². The molecule has 110 valence electrons. The van der Waals surface area contributed by atoms with E-state index in [9.17, 15) is 14.4 Å². The third kappa shape index (κ3) is 3.85. The fourth-order valence-corrected chi connectivity index (χ4v) is 2.36. The van der Waals surface area contributed by atoms with Gasteiger partial charge in [-0.1, -0.05) is 6.07 Å². The quantitative estimate of drug-likeness (QED) is 0.741.